The molecule has 2 heterocycles. The fourth-order valence-electron chi connectivity index (χ4n) is 3.67. The van der Waals surface area contributed by atoms with Crippen LogP contribution in [0.4, 0.5) is 5.69 Å². The second-order valence-electron chi connectivity index (χ2n) is 6.29. The van der Waals surface area contributed by atoms with Gasteiger partial charge in [0.15, 0.2) is 11.5 Å². The molecule has 2 aliphatic heterocycles. The van der Waals surface area contributed by atoms with Crippen LogP contribution in [0.25, 0.3) is 0 Å². The highest BCUT2D eigenvalue weighted by Crippen LogP contribution is 2.48. The van der Waals surface area contributed by atoms with Crippen LogP contribution in [0.2, 0.25) is 0 Å². The molecule has 0 saturated heterocycles. The number of amides is 1. The van der Waals surface area contributed by atoms with Gasteiger partial charge in [0, 0.05) is 12.6 Å². The summed E-state index contributed by atoms with van der Waals surface area (Å²) < 4.78 is 10.5. The quantitative estimate of drug-likeness (QED) is 0.650. The molecule has 0 fully saturated rings. The van der Waals surface area contributed by atoms with E-state index in [1.165, 1.54) is 24.1 Å². The summed E-state index contributed by atoms with van der Waals surface area (Å²) in [5, 5.41) is 21.5. The van der Waals surface area contributed by atoms with Crippen molar-refractivity contribution in [3.05, 3.63) is 63.2 Å². The number of likely N-dealkylation sites (N-methyl/N-ethyl adjacent to an activating group) is 1. The molecule has 9 nitrogen and oxygen atoms in total. The number of carboxylic acids is 1. The summed E-state index contributed by atoms with van der Waals surface area (Å²) in [6, 6.07) is 7.92. The van der Waals surface area contributed by atoms with Crippen LogP contribution < -0.4 is 9.47 Å². The fourth-order valence-corrected chi connectivity index (χ4v) is 3.67. The van der Waals surface area contributed by atoms with Crippen molar-refractivity contribution in [2.45, 2.75) is 12.0 Å². The highest BCUT2D eigenvalue weighted by molar-refractivity contribution is 6.00. The van der Waals surface area contributed by atoms with E-state index in [0.29, 0.717) is 5.56 Å². The van der Waals surface area contributed by atoms with Gasteiger partial charge in [-0.25, -0.2) is 0 Å². The molecule has 0 bridgehead atoms. The van der Waals surface area contributed by atoms with Gasteiger partial charge in [-0.15, -0.1) is 0 Å². The van der Waals surface area contributed by atoms with Gasteiger partial charge in [-0.2, -0.15) is 0 Å². The maximum atomic E-state index is 12.8. The van der Waals surface area contributed by atoms with Crippen molar-refractivity contribution in [3.8, 4) is 11.5 Å². The lowest BCUT2D eigenvalue weighted by Crippen LogP contribution is -2.42. The molecule has 2 aromatic carbocycles. The molecule has 0 unspecified atom stereocenters. The van der Waals surface area contributed by atoms with Gasteiger partial charge in [0.25, 0.3) is 11.6 Å². The molecule has 27 heavy (non-hydrogen) atoms. The Labute approximate surface area is 152 Å². The predicted molar refractivity (Wildman–Crippen MR) is 90.9 cm³/mol. The molecule has 1 amide bonds. The highest BCUT2D eigenvalue weighted by Gasteiger charge is 2.45. The zero-order valence-electron chi connectivity index (χ0n) is 14.1. The van der Waals surface area contributed by atoms with Crippen LogP contribution in [-0.4, -0.2) is 40.6 Å². The summed E-state index contributed by atoms with van der Waals surface area (Å²) in [5.41, 5.74) is 0.355. The summed E-state index contributed by atoms with van der Waals surface area (Å²) in [5.74, 6) is -2.26. The van der Waals surface area contributed by atoms with Crippen molar-refractivity contribution < 1.29 is 29.1 Å². The lowest BCUT2D eigenvalue weighted by Gasteiger charge is -2.38. The van der Waals surface area contributed by atoms with E-state index in [0.717, 1.165) is 0 Å². The number of nitro groups is 1. The topological polar surface area (TPSA) is 119 Å². The van der Waals surface area contributed by atoms with Crippen LogP contribution in [0.15, 0.2) is 36.4 Å². The van der Waals surface area contributed by atoms with Gasteiger partial charge in [0.2, 0.25) is 6.79 Å². The number of rotatable bonds is 3. The standard InChI is InChI=1S/C18H14N2O7/c1-19-16(11-6-13-14(27-8-26-13)7-12(11)20(24)25)15(18(22)23)9-4-2-3-5-10(9)17(19)21/h2-7,15-16H,8H2,1H3,(H,22,23)/t15-,16+/m0/s1. The molecule has 0 aliphatic carbocycles. The molecule has 0 aromatic heterocycles. The Morgan fingerprint density at radius 2 is 1.89 bits per heavy atom. The van der Waals surface area contributed by atoms with Gasteiger partial charge in [0.05, 0.1) is 22.6 Å². The van der Waals surface area contributed by atoms with Crippen molar-refractivity contribution >= 4 is 17.6 Å². The Bertz CT molecular complexity index is 988. The Morgan fingerprint density at radius 3 is 2.56 bits per heavy atom. The Balaban J connectivity index is 1.96. The van der Waals surface area contributed by atoms with Gasteiger partial charge < -0.3 is 19.5 Å². The summed E-state index contributed by atoms with van der Waals surface area (Å²) >= 11 is 0. The molecule has 2 aromatic rings. The van der Waals surface area contributed by atoms with Crippen molar-refractivity contribution in [1.29, 1.82) is 0 Å². The third-order valence-electron chi connectivity index (χ3n) is 4.88. The number of ether oxygens (including phenoxy) is 2. The largest absolute Gasteiger partial charge is 0.481 e. The van der Waals surface area contributed by atoms with Crippen molar-refractivity contribution in [1.82, 2.24) is 4.90 Å². The van der Waals surface area contributed by atoms with E-state index in [-0.39, 0.29) is 35.1 Å². The van der Waals surface area contributed by atoms with Crippen LogP contribution in [0.3, 0.4) is 0 Å². The Morgan fingerprint density at radius 1 is 1.22 bits per heavy atom. The van der Waals surface area contributed by atoms with Gasteiger partial charge >= 0.3 is 5.97 Å². The monoisotopic (exact) mass is 370 g/mol. The number of nitrogens with zero attached hydrogens (tertiary/aromatic N) is 2. The minimum absolute atomic E-state index is 0.0828. The number of carboxylic acid groups (broad SMARTS) is 1. The van der Waals surface area contributed by atoms with E-state index in [2.05, 4.69) is 0 Å². The molecular formula is C18H14N2O7. The smallest absolute Gasteiger partial charge is 0.313 e. The number of fused-ring (bicyclic) bond motifs is 2. The van der Waals surface area contributed by atoms with Crippen LogP contribution in [0.5, 0.6) is 11.5 Å². The van der Waals surface area contributed by atoms with Gasteiger partial charge in [-0.3, -0.25) is 19.7 Å². The second kappa shape index (κ2) is 5.97. The first-order valence-corrected chi connectivity index (χ1v) is 8.07. The van der Waals surface area contributed by atoms with E-state index in [1.807, 2.05) is 0 Å². The molecule has 0 radical (unpaired) electrons. The van der Waals surface area contributed by atoms with Crippen LogP contribution in [0, 0.1) is 10.1 Å². The SMILES string of the molecule is CN1C(=O)c2ccccc2[C@H](C(=O)O)[C@H]1c1cc2c(cc1[N+](=O)[O-])OCO2. The number of aliphatic carboxylic acids is 1. The minimum Gasteiger partial charge on any atom is -0.481 e. The normalized spacial score (nSPS) is 20.3. The van der Waals surface area contributed by atoms with E-state index >= 15 is 0 Å². The first kappa shape index (κ1) is 16.8. The number of benzene rings is 2. The van der Waals surface area contributed by atoms with E-state index < -0.39 is 28.8 Å². The van der Waals surface area contributed by atoms with Crippen molar-refractivity contribution in [2.75, 3.05) is 13.8 Å². The highest BCUT2D eigenvalue weighted by atomic mass is 16.7. The first-order valence-electron chi connectivity index (χ1n) is 8.07. The molecule has 1 N–H and O–H groups in total. The van der Waals surface area contributed by atoms with Gasteiger partial charge in [0.1, 0.15) is 5.92 Å². The third kappa shape index (κ3) is 2.47. The Kier molecular flexibility index (Phi) is 3.72. The lowest BCUT2D eigenvalue weighted by molar-refractivity contribution is -0.386. The van der Waals surface area contributed by atoms with E-state index in [4.69, 9.17) is 9.47 Å². The zero-order valence-corrected chi connectivity index (χ0v) is 14.1. The molecule has 9 heteroatoms. The number of hydrogen-bond donors (Lipinski definition) is 1. The number of carbonyl (C=O) groups excluding carboxylic acids is 1. The third-order valence-corrected chi connectivity index (χ3v) is 4.88. The van der Waals surface area contributed by atoms with Gasteiger partial charge in [-0.1, -0.05) is 18.2 Å². The molecule has 2 atom stereocenters. The van der Waals surface area contributed by atoms with E-state index in [9.17, 15) is 24.8 Å². The fraction of sp³-hybridized carbons (Fsp3) is 0.222. The van der Waals surface area contributed by atoms with Crippen LogP contribution in [-0.2, 0) is 4.79 Å². The molecule has 138 valence electrons. The van der Waals surface area contributed by atoms with Gasteiger partial charge in [-0.05, 0) is 17.7 Å². The number of nitro benzene ring substituents is 1. The number of carbonyl (C=O) groups is 2. The number of hydrogen-bond acceptors (Lipinski definition) is 6. The average molecular weight is 370 g/mol. The van der Waals surface area contributed by atoms with Crippen LogP contribution >= 0.6 is 0 Å². The molecule has 2 aliphatic rings. The summed E-state index contributed by atoms with van der Waals surface area (Å²) in [7, 11) is 1.44. The average Bonchev–Trinajstić information content (AvgIpc) is 3.10. The first-order chi connectivity index (χ1) is 12.9. The van der Waals surface area contributed by atoms with Crippen molar-refractivity contribution in [3.63, 3.8) is 0 Å². The Hall–Kier alpha value is -3.62. The molecule has 4 rings (SSSR count). The summed E-state index contributed by atoms with van der Waals surface area (Å²) in [4.78, 5) is 37.1. The minimum atomic E-state index is -1.18. The summed E-state index contributed by atoms with van der Waals surface area (Å²) in [6.07, 6.45) is 0. The summed E-state index contributed by atoms with van der Waals surface area (Å²) in [6.45, 7) is -0.0828. The molecule has 0 spiro atoms. The van der Waals surface area contributed by atoms with E-state index in [1.54, 1.807) is 24.3 Å². The lowest BCUT2D eigenvalue weighted by atomic mass is 9.79. The van der Waals surface area contributed by atoms with Crippen LogP contribution in [0.1, 0.15) is 33.4 Å². The molecular weight excluding hydrogens is 356 g/mol. The predicted octanol–water partition coefficient (Wildman–Crippen LogP) is 2.32. The maximum Gasteiger partial charge on any atom is 0.313 e. The van der Waals surface area contributed by atoms with Crippen molar-refractivity contribution in [2.24, 2.45) is 0 Å². The zero-order chi connectivity index (χ0) is 19.3. The maximum absolute atomic E-state index is 12.8. The molecule has 0 saturated carbocycles. The second-order valence-corrected chi connectivity index (χ2v) is 6.29.